The summed E-state index contributed by atoms with van der Waals surface area (Å²) < 4.78 is 0. The number of nitrogens with zero attached hydrogens (tertiary/aromatic N) is 2. The standard InChI is InChI=1S/C19H23N3O3/c1-21(18(24)16-7-9-20-17(23)11-16)13-19(25)8-10-22(14-19)12-15-5-3-2-4-6-15/h2-7,9,11,25H,8,10,12-14H2,1H3,(H,20,23). The molecule has 1 atom stereocenters. The van der Waals surface area contributed by atoms with Gasteiger partial charge in [0.1, 0.15) is 0 Å². The number of aliphatic hydroxyl groups is 1. The fraction of sp³-hybridized carbons (Fsp3) is 0.368. The number of carbonyl (C=O) groups is 1. The molecule has 0 bridgehead atoms. The predicted molar refractivity (Wildman–Crippen MR) is 95.3 cm³/mol. The summed E-state index contributed by atoms with van der Waals surface area (Å²) in [6.07, 6.45) is 2.07. The lowest BCUT2D eigenvalue weighted by Crippen LogP contribution is -2.45. The number of rotatable bonds is 5. The molecule has 1 aromatic heterocycles. The topological polar surface area (TPSA) is 76.6 Å². The molecular formula is C19H23N3O3. The van der Waals surface area contributed by atoms with E-state index in [2.05, 4.69) is 22.0 Å². The van der Waals surface area contributed by atoms with E-state index in [4.69, 9.17) is 0 Å². The summed E-state index contributed by atoms with van der Waals surface area (Å²) >= 11 is 0. The van der Waals surface area contributed by atoms with E-state index in [1.54, 1.807) is 13.1 Å². The second-order valence-corrected chi connectivity index (χ2v) is 6.77. The molecule has 0 radical (unpaired) electrons. The highest BCUT2D eigenvalue weighted by Gasteiger charge is 2.37. The minimum Gasteiger partial charge on any atom is -0.387 e. The van der Waals surface area contributed by atoms with E-state index in [-0.39, 0.29) is 18.0 Å². The van der Waals surface area contributed by atoms with Crippen molar-refractivity contribution >= 4 is 5.91 Å². The fourth-order valence-corrected chi connectivity index (χ4v) is 3.36. The Hall–Kier alpha value is -2.44. The molecule has 1 unspecified atom stereocenters. The first-order valence-corrected chi connectivity index (χ1v) is 8.38. The van der Waals surface area contributed by atoms with E-state index >= 15 is 0 Å². The van der Waals surface area contributed by atoms with Crippen LogP contribution in [0.15, 0.2) is 53.5 Å². The monoisotopic (exact) mass is 341 g/mol. The number of aromatic amines is 1. The van der Waals surface area contributed by atoms with Gasteiger partial charge in [-0.1, -0.05) is 30.3 Å². The van der Waals surface area contributed by atoms with Crippen LogP contribution in [0.25, 0.3) is 0 Å². The Labute approximate surface area is 146 Å². The fourth-order valence-electron chi connectivity index (χ4n) is 3.36. The van der Waals surface area contributed by atoms with Crippen LogP contribution in [0.1, 0.15) is 22.3 Å². The van der Waals surface area contributed by atoms with Gasteiger partial charge in [0, 0.05) is 44.5 Å². The van der Waals surface area contributed by atoms with Gasteiger partial charge in [-0.25, -0.2) is 0 Å². The molecule has 1 aliphatic heterocycles. The number of likely N-dealkylation sites (N-methyl/N-ethyl adjacent to an activating group) is 1. The summed E-state index contributed by atoms with van der Waals surface area (Å²) in [5.41, 5.74) is 0.293. The average molecular weight is 341 g/mol. The van der Waals surface area contributed by atoms with Crippen LogP contribution in [0.5, 0.6) is 0 Å². The predicted octanol–water partition coefficient (Wildman–Crippen LogP) is 1.08. The third-order valence-electron chi connectivity index (χ3n) is 4.56. The maximum Gasteiger partial charge on any atom is 0.253 e. The van der Waals surface area contributed by atoms with E-state index in [9.17, 15) is 14.7 Å². The highest BCUT2D eigenvalue weighted by atomic mass is 16.3. The third-order valence-corrected chi connectivity index (χ3v) is 4.56. The number of aromatic nitrogens is 1. The van der Waals surface area contributed by atoms with Gasteiger partial charge in [-0.15, -0.1) is 0 Å². The lowest BCUT2D eigenvalue weighted by molar-refractivity contribution is 0.0170. The first kappa shape index (κ1) is 17.4. The van der Waals surface area contributed by atoms with Crippen molar-refractivity contribution in [2.24, 2.45) is 0 Å². The lowest BCUT2D eigenvalue weighted by Gasteiger charge is -2.29. The van der Waals surface area contributed by atoms with Crippen LogP contribution in [0.2, 0.25) is 0 Å². The van der Waals surface area contributed by atoms with Crippen molar-refractivity contribution < 1.29 is 9.90 Å². The largest absolute Gasteiger partial charge is 0.387 e. The number of amides is 1. The maximum atomic E-state index is 12.4. The molecule has 2 aromatic rings. The van der Waals surface area contributed by atoms with E-state index in [0.717, 1.165) is 13.1 Å². The zero-order valence-electron chi connectivity index (χ0n) is 14.3. The zero-order valence-corrected chi connectivity index (χ0v) is 14.3. The van der Waals surface area contributed by atoms with Gasteiger partial charge < -0.3 is 15.0 Å². The first-order valence-electron chi connectivity index (χ1n) is 8.38. The molecule has 6 nitrogen and oxygen atoms in total. The number of hydrogen-bond donors (Lipinski definition) is 2. The molecule has 2 heterocycles. The number of benzene rings is 1. The van der Waals surface area contributed by atoms with E-state index in [0.29, 0.717) is 18.5 Å². The molecule has 132 valence electrons. The van der Waals surface area contributed by atoms with Gasteiger partial charge in [0.05, 0.1) is 12.1 Å². The molecule has 1 fully saturated rings. The number of carbonyl (C=O) groups excluding carboxylic acids is 1. The van der Waals surface area contributed by atoms with Crippen molar-refractivity contribution in [1.82, 2.24) is 14.8 Å². The van der Waals surface area contributed by atoms with Crippen LogP contribution < -0.4 is 5.56 Å². The average Bonchev–Trinajstić information content (AvgIpc) is 2.95. The number of nitrogens with one attached hydrogen (secondary N) is 1. The number of H-pyrrole nitrogens is 1. The number of likely N-dealkylation sites (tertiary alicyclic amines) is 1. The second-order valence-electron chi connectivity index (χ2n) is 6.77. The van der Waals surface area contributed by atoms with E-state index in [1.807, 2.05) is 18.2 Å². The zero-order chi connectivity index (χ0) is 17.9. The molecule has 1 aliphatic rings. The normalized spacial score (nSPS) is 20.6. The Morgan fingerprint density at radius 2 is 2.08 bits per heavy atom. The van der Waals surface area contributed by atoms with Gasteiger partial charge >= 0.3 is 0 Å². The molecule has 25 heavy (non-hydrogen) atoms. The summed E-state index contributed by atoms with van der Waals surface area (Å²) in [5.74, 6) is -0.263. The molecule has 0 saturated carbocycles. The summed E-state index contributed by atoms with van der Waals surface area (Å²) in [6.45, 7) is 2.34. The molecule has 6 heteroatoms. The highest BCUT2D eigenvalue weighted by molar-refractivity contribution is 5.93. The molecule has 3 rings (SSSR count). The van der Waals surface area contributed by atoms with Crippen molar-refractivity contribution in [3.63, 3.8) is 0 Å². The Morgan fingerprint density at radius 3 is 2.80 bits per heavy atom. The Balaban J connectivity index is 1.60. The van der Waals surface area contributed by atoms with Crippen LogP contribution >= 0.6 is 0 Å². The maximum absolute atomic E-state index is 12.4. The minimum atomic E-state index is -0.930. The molecule has 0 aliphatic carbocycles. The van der Waals surface area contributed by atoms with Crippen LogP contribution in [-0.4, -0.2) is 58.1 Å². The van der Waals surface area contributed by atoms with E-state index < -0.39 is 5.60 Å². The number of hydrogen-bond acceptors (Lipinski definition) is 4. The molecule has 1 amide bonds. The molecule has 2 N–H and O–H groups in total. The van der Waals surface area contributed by atoms with Crippen molar-refractivity contribution in [2.75, 3.05) is 26.7 Å². The van der Waals surface area contributed by atoms with E-state index in [1.165, 1.54) is 22.7 Å². The van der Waals surface area contributed by atoms with Crippen molar-refractivity contribution in [3.05, 3.63) is 70.1 Å². The summed E-state index contributed by atoms with van der Waals surface area (Å²) in [5, 5.41) is 10.9. The second kappa shape index (κ2) is 7.21. The smallest absolute Gasteiger partial charge is 0.253 e. The quantitative estimate of drug-likeness (QED) is 0.853. The molecule has 1 aromatic carbocycles. The van der Waals surface area contributed by atoms with Crippen LogP contribution in [0.3, 0.4) is 0 Å². The van der Waals surface area contributed by atoms with Gasteiger partial charge in [-0.05, 0) is 18.1 Å². The van der Waals surface area contributed by atoms with Gasteiger partial charge in [0.2, 0.25) is 5.56 Å². The number of β-amino-alcohol motifs (C(OH)–C–C–N with tert-alkyl or cyclic N) is 1. The SMILES string of the molecule is CN(CC1(O)CCN(Cc2ccccc2)C1)C(=O)c1cc[nH]c(=O)c1. The first-order chi connectivity index (χ1) is 12.0. The molecular weight excluding hydrogens is 318 g/mol. The Kier molecular flexibility index (Phi) is 5.01. The number of pyridine rings is 1. The van der Waals surface area contributed by atoms with Crippen LogP contribution in [0, 0.1) is 0 Å². The van der Waals surface area contributed by atoms with Crippen molar-refractivity contribution in [3.8, 4) is 0 Å². The highest BCUT2D eigenvalue weighted by Crippen LogP contribution is 2.24. The van der Waals surface area contributed by atoms with Crippen LogP contribution in [0.4, 0.5) is 0 Å². The minimum absolute atomic E-state index is 0.240. The van der Waals surface area contributed by atoms with Crippen LogP contribution in [-0.2, 0) is 6.54 Å². The summed E-state index contributed by atoms with van der Waals surface area (Å²) in [4.78, 5) is 30.0. The van der Waals surface area contributed by atoms with Crippen molar-refractivity contribution in [2.45, 2.75) is 18.6 Å². The third kappa shape index (κ3) is 4.35. The summed E-state index contributed by atoms with van der Waals surface area (Å²) in [7, 11) is 1.65. The summed E-state index contributed by atoms with van der Waals surface area (Å²) in [6, 6.07) is 13.0. The Bertz CT molecular complexity index is 790. The van der Waals surface area contributed by atoms with Gasteiger partial charge in [-0.2, -0.15) is 0 Å². The van der Waals surface area contributed by atoms with Crippen molar-refractivity contribution in [1.29, 1.82) is 0 Å². The molecule has 0 spiro atoms. The molecule has 1 saturated heterocycles. The van der Waals surface area contributed by atoms with Gasteiger partial charge in [-0.3, -0.25) is 14.5 Å². The van der Waals surface area contributed by atoms with Gasteiger partial charge in [0.15, 0.2) is 0 Å². The lowest BCUT2D eigenvalue weighted by atomic mass is 10.0. The van der Waals surface area contributed by atoms with Gasteiger partial charge in [0.25, 0.3) is 5.91 Å². The Morgan fingerprint density at radius 1 is 1.32 bits per heavy atom.